The summed E-state index contributed by atoms with van der Waals surface area (Å²) in [5.74, 6) is 1.06. The molecule has 0 radical (unpaired) electrons. The average Bonchev–Trinajstić information content (AvgIpc) is 2.94. The Bertz CT molecular complexity index is 675. The zero-order valence-electron chi connectivity index (χ0n) is 11.3. The van der Waals surface area contributed by atoms with Gasteiger partial charge in [-0.25, -0.2) is 0 Å². The van der Waals surface area contributed by atoms with Crippen LogP contribution in [0.4, 0.5) is 0 Å². The average molecular weight is 286 g/mol. The molecule has 0 atom stereocenters. The fourth-order valence-corrected chi connectivity index (χ4v) is 2.54. The summed E-state index contributed by atoms with van der Waals surface area (Å²) >= 11 is 1.26. The smallest absolute Gasteiger partial charge is 0.196 e. The Kier molecular flexibility index (Phi) is 3.36. The fraction of sp³-hybridized carbons (Fsp3) is 0.267. The second-order valence-electron chi connectivity index (χ2n) is 5.03. The zero-order chi connectivity index (χ0) is 14.1. The van der Waals surface area contributed by atoms with Gasteiger partial charge in [-0.1, -0.05) is 24.4 Å². The van der Waals surface area contributed by atoms with Crippen molar-refractivity contribution in [3.63, 3.8) is 0 Å². The zero-order valence-corrected chi connectivity index (χ0v) is 12.1. The van der Waals surface area contributed by atoms with Gasteiger partial charge in [-0.05, 0) is 41.2 Å². The summed E-state index contributed by atoms with van der Waals surface area (Å²) in [6.07, 6.45) is 1.75. The van der Waals surface area contributed by atoms with E-state index < -0.39 is 0 Å². The monoisotopic (exact) mass is 286 g/mol. The van der Waals surface area contributed by atoms with E-state index in [4.69, 9.17) is 4.74 Å². The minimum absolute atomic E-state index is 0.0155. The van der Waals surface area contributed by atoms with Crippen LogP contribution in [0.5, 0.6) is 5.75 Å². The number of rotatable bonds is 2. The summed E-state index contributed by atoms with van der Waals surface area (Å²) < 4.78 is 9.45. The minimum Gasteiger partial charge on any atom is -0.488 e. The fourth-order valence-electron chi connectivity index (χ4n) is 2.12. The standard InChI is InChI=1S/C15H14N2O2S/c1-9(2)10-3-4-14-13(6-10)15(18)11(7-19-14)5-12-8-20-17-16-12/h3-6,8-9H,7H2,1-2H3/b11-5+. The molecule has 3 rings (SSSR count). The van der Waals surface area contributed by atoms with Crippen molar-refractivity contribution in [1.82, 2.24) is 9.59 Å². The minimum atomic E-state index is 0.0155. The van der Waals surface area contributed by atoms with E-state index in [0.717, 1.165) is 5.56 Å². The molecule has 20 heavy (non-hydrogen) atoms. The molecule has 5 heteroatoms. The number of fused-ring (bicyclic) bond motifs is 1. The van der Waals surface area contributed by atoms with Crippen molar-refractivity contribution >= 4 is 23.4 Å². The van der Waals surface area contributed by atoms with Crippen LogP contribution in [0, 0.1) is 0 Å². The number of nitrogens with zero attached hydrogens (tertiary/aromatic N) is 2. The summed E-state index contributed by atoms with van der Waals surface area (Å²) in [7, 11) is 0. The summed E-state index contributed by atoms with van der Waals surface area (Å²) in [6, 6.07) is 5.81. The number of ketones is 1. The number of hydrogen-bond acceptors (Lipinski definition) is 5. The van der Waals surface area contributed by atoms with E-state index in [1.165, 1.54) is 11.5 Å². The van der Waals surface area contributed by atoms with Gasteiger partial charge in [0.05, 0.1) is 11.3 Å². The van der Waals surface area contributed by atoms with Crippen LogP contribution >= 0.6 is 11.5 Å². The van der Waals surface area contributed by atoms with Crippen LogP contribution < -0.4 is 4.74 Å². The van der Waals surface area contributed by atoms with Gasteiger partial charge < -0.3 is 4.74 Å². The highest BCUT2D eigenvalue weighted by atomic mass is 32.1. The highest BCUT2D eigenvalue weighted by Gasteiger charge is 2.24. The lowest BCUT2D eigenvalue weighted by molar-refractivity contribution is 0.100. The van der Waals surface area contributed by atoms with Crippen LogP contribution in [-0.2, 0) is 0 Å². The molecule has 0 N–H and O–H groups in total. The number of carbonyl (C=O) groups excluding carboxylic acids is 1. The van der Waals surface area contributed by atoms with Gasteiger partial charge in [-0.2, -0.15) is 0 Å². The summed E-state index contributed by atoms with van der Waals surface area (Å²) in [6.45, 7) is 4.49. The molecule has 102 valence electrons. The first kappa shape index (κ1) is 13.0. The predicted octanol–water partition coefficient (Wildman–Crippen LogP) is 3.32. The lowest BCUT2D eigenvalue weighted by Crippen LogP contribution is -2.19. The first-order valence-electron chi connectivity index (χ1n) is 6.44. The molecule has 2 aromatic rings. The Balaban J connectivity index is 1.99. The Morgan fingerprint density at radius 2 is 2.25 bits per heavy atom. The van der Waals surface area contributed by atoms with Crippen LogP contribution in [0.1, 0.15) is 41.4 Å². The first-order chi connectivity index (χ1) is 9.65. The maximum atomic E-state index is 12.5. The lowest BCUT2D eigenvalue weighted by atomic mass is 9.94. The van der Waals surface area contributed by atoms with E-state index in [0.29, 0.717) is 28.5 Å². The third-order valence-electron chi connectivity index (χ3n) is 3.29. The maximum Gasteiger partial charge on any atom is 0.196 e. The Labute approximate surface area is 121 Å². The molecule has 0 fully saturated rings. The molecule has 0 spiro atoms. The van der Waals surface area contributed by atoms with Crippen LogP contribution in [0.2, 0.25) is 0 Å². The van der Waals surface area contributed by atoms with E-state index in [1.54, 1.807) is 11.5 Å². The third kappa shape index (κ3) is 2.36. The molecule has 0 saturated heterocycles. The van der Waals surface area contributed by atoms with Gasteiger partial charge in [0.1, 0.15) is 12.4 Å². The number of Topliss-reactive ketones (excluding diaryl/α,β-unsaturated/α-hetero) is 1. The molecule has 1 aliphatic heterocycles. The van der Waals surface area contributed by atoms with Crippen molar-refractivity contribution in [2.45, 2.75) is 19.8 Å². The lowest BCUT2D eigenvalue weighted by Gasteiger charge is -2.20. The second-order valence-corrected chi connectivity index (χ2v) is 5.64. The van der Waals surface area contributed by atoms with E-state index in [2.05, 4.69) is 23.4 Å². The molecule has 0 bridgehead atoms. The molecule has 1 aliphatic rings. The molecule has 0 unspecified atom stereocenters. The Hall–Kier alpha value is -2.01. The maximum absolute atomic E-state index is 12.5. The van der Waals surface area contributed by atoms with Gasteiger partial charge in [-0.15, -0.1) is 5.10 Å². The molecular formula is C15H14N2O2S. The SMILES string of the molecule is CC(C)c1ccc2c(c1)C(=O)/C(=C/c1csnn1)CO2. The topological polar surface area (TPSA) is 52.1 Å². The number of ether oxygens (including phenoxy) is 1. The Morgan fingerprint density at radius 3 is 2.95 bits per heavy atom. The van der Waals surface area contributed by atoms with Crippen molar-refractivity contribution in [3.8, 4) is 5.75 Å². The van der Waals surface area contributed by atoms with Crippen LogP contribution in [0.15, 0.2) is 29.2 Å². The van der Waals surface area contributed by atoms with Crippen LogP contribution in [0.25, 0.3) is 6.08 Å². The molecular weight excluding hydrogens is 272 g/mol. The highest BCUT2D eigenvalue weighted by Crippen LogP contribution is 2.30. The van der Waals surface area contributed by atoms with Gasteiger partial charge in [-0.3, -0.25) is 4.79 Å². The molecule has 2 heterocycles. The van der Waals surface area contributed by atoms with Gasteiger partial charge >= 0.3 is 0 Å². The number of benzene rings is 1. The molecule has 0 amide bonds. The van der Waals surface area contributed by atoms with Gasteiger partial charge in [0.2, 0.25) is 0 Å². The number of hydrogen-bond donors (Lipinski definition) is 0. The van der Waals surface area contributed by atoms with Gasteiger partial charge in [0, 0.05) is 11.0 Å². The van der Waals surface area contributed by atoms with E-state index in [9.17, 15) is 4.79 Å². The van der Waals surface area contributed by atoms with Crippen LogP contribution in [-0.4, -0.2) is 22.0 Å². The van der Waals surface area contributed by atoms with E-state index in [-0.39, 0.29) is 12.4 Å². The van der Waals surface area contributed by atoms with E-state index >= 15 is 0 Å². The summed E-state index contributed by atoms with van der Waals surface area (Å²) in [4.78, 5) is 12.5. The second kappa shape index (κ2) is 5.17. The first-order valence-corrected chi connectivity index (χ1v) is 7.28. The predicted molar refractivity (Wildman–Crippen MR) is 78.2 cm³/mol. The van der Waals surface area contributed by atoms with Crippen molar-refractivity contribution in [1.29, 1.82) is 0 Å². The van der Waals surface area contributed by atoms with Gasteiger partial charge in [0.15, 0.2) is 5.78 Å². The van der Waals surface area contributed by atoms with Crippen molar-refractivity contribution in [3.05, 3.63) is 46.0 Å². The van der Waals surface area contributed by atoms with Crippen LogP contribution in [0.3, 0.4) is 0 Å². The van der Waals surface area contributed by atoms with Crippen molar-refractivity contribution in [2.24, 2.45) is 0 Å². The molecule has 0 aliphatic carbocycles. The van der Waals surface area contributed by atoms with Crippen molar-refractivity contribution in [2.75, 3.05) is 6.61 Å². The van der Waals surface area contributed by atoms with E-state index in [1.807, 2.05) is 18.2 Å². The molecule has 1 aromatic heterocycles. The Morgan fingerprint density at radius 1 is 1.40 bits per heavy atom. The molecule has 1 aromatic carbocycles. The summed E-state index contributed by atoms with van der Waals surface area (Å²) in [5, 5.41) is 5.74. The molecule has 0 saturated carbocycles. The quantitative estimate of drug-likeness (QED) is 0.795. The normalized spacial score (nSPS) is 16.4. The molecule has 4 nitrogen and oxygen atoms in total. The van der Waals surface area contributed by atoms with Gasteiger partial charge in [0.25, 0.3) is 0 Å². The van der Waals surface area contributed by atoms with Crippen molar-refractivity contribution < 1.29 is 9.53 Å². The highest BCUT2D eigenvalue weighted by molar-refractivity contribution is 7.03. The largest absolute Gasteiger partial charge is 0.488 e. The summed E-state index contributed by atoms with van der Waals surface area (Å²) in [5.41, 5.74) is 3.09. The third-order valence-corrected chi connectivity index (χ3v) is 3.81. The number of aromatic nitrogens is 2. The number of carbonyl (C=O) groups is 1.